The number of aromatic nitrogens is 1. The highest BCUT2D eigenvalue weighted by Gasteiger charge is 2.29. The van der Waals surface area contributed by atoms with E-state index in [1.807, 2.05) is 36.1 Å². The number of ether oxygens (including phenoxy) is 1. The summed E-state index contributed by atoms with van der Waals surface area (Å²) in [6.07, 6.45) is 9.92. The molecule has 2 aliphatic rings. The summed E-state index contributed by atoms with van der Waals surface area (Å²) in [7, 11) is 0. The number of hydrogen-bond acceptors (Lipinski definition) is 7. The van der Waals surface area contributed by atoms with Crippen molar-refractivity contribution in [2.75, 3.05) is 31.6 Å². The highest BCUT2D eigenvalue weighted by Crippen LogP contribution is 2.40. The normalized spacial score (nSPS) is 16.1. The predicted octanol–water partition coefficient (Wildman–Crippen LogP) is 5.98. The molecular formula is C34H42N4O6. The van der Waals surface area contributed by atoms with E-state index in [9.17, 15) is 14.4 Å². The topological polar surface area (TPSA) is 134 Å². The van der Waals surface area contributed by atoms with E-state index in [1.165, 1.54) is 19.3 Å². The van der Waals surface area contributed by atoms with Gasteiger partial charge >= 0.3 is 5.97 Å². The second kappa shape index (κ2) is 14.9. The molecule has 1 aliphatic carbocycles. The molecule has 1 aliphatic heterocycles. The van der Waals surface area contributed by atoms with Crippen molar-refractivity contribution in [3.63, 3.8) is 0 Å². The van der Waals surface area contributed by atoms with E-state index >= 15 is 0 Å². The van der Waals surface area contributed by atoms with Gasteiger partial charge in [-0.05, 0) is 74.9 Å². The molecule has 44 heavy (non-hydrogen) atoms. The monoisotopic (exact) mass is 602 g/mol. The zero-order valence-electron chi connectivity index (χ0n) is 25.3. The number of furan rings is 1. The Bertz CT molecular complexity index is 1410. The molecule has 1 saturated carbocycles. The van der Waals surface area contributed by atoms with Gasteiger partial charge in [0.05, 0.1) is 19.1 Å². The fraction of sp³-hybridized carbons (Fsp3) is 0.471. The van der Waals surface area contributed by atoms with Gasteiger partial charge in [0.2, 0.25) is 11.8 Å². The first-order valence-corrected chi connectivity index (χ1v) is 15.7. The van der Waals surface area contributed by atoms with Gasteiger partial charge in [0.15, 0.2) is 0 Å². The minimum atomic E-state index is -0.947. The first-order chi connectivity index (χ1) is 21.4. The van der Waals surface area contributed by atoms with Gasteiger partial charge in [0.1, 0.15) is 11.5 Å². The zero-order chi connectivity index (χ0) is 30.9. The lowest BCUT2D eigenvalue weighted by atomic mass is 9.81. The predicted molar refractivity (Wildman–Crippen MR) is 167 cm³/mol. The van der Waals surface area contributed by atoms with E-state index in [0.717, 1.165) is 67.1 Å². The van der Waals surface area contributed by atoms with Gasteiger partial charge in [-0.15, -0.1) is 0 Å². The first-order valence-electron chi connectivity index (χ1n) is 15.7. The summed E-state index contributed by atoms with van der Waals surface area (Å²) in [6.45, 7) is 4.15. The number of carbonyl (C=O) groups is 3. The molecule has 2 fully saturated rings. The lowest BCUT2D eigenvalue weighted by Gasteiger charge is -2.31. The van der Waals surface area contributed by atoms with Crippen molar-refractivity contribution in [1.82, 2.24) is 15.2 Å². The lowest BCUT2D eigenvalue weighted by Crippen LogP contribution is -2.26. The van der Waals surface area contributed by atoms with Crippen molar-refractivity contribution < 1.29 is 28.6 Å². The van der Waals surface area contributed by atoms with Gasteiger partial charge in [-0.2, -0.15) is 0 Å². The minimum Gasteiger partial charge on any atom is -0.481 e. The van der Waals surface area contributed by atoms with E-state index < -0.39 is 5.97 Å². The largest absolute Gasteiger partial charge is 0.481 e. The first kappa shape index (κ1) is 31.1. The van der Waals surface area contributed by atoms with Crippen LogP contribution >= 0.6 is 0 Å². The molecule has 0 spiro atoms. The van der Waals surface area contributed by atoms with Crippen molar-refractivity contribution in [2.45, 2.75) is 70.8 Å². The van der Waals surface area contributed by atoms with Crippen LogP contribution in [0.4, 0.5) is 5.69 Å². The number of anilines is 1. The number of aliphatic carboxylic acids is 1. The second-order valence-electron chi connectivity index (χ2n) is 11.7. The Morgan fingerprint density at radius 1 is 1.11 bits per heavy atom. The molecular weight excluding hydrogens is 560 g/mol. The molecule has 1 atom stereocenters. The Morgan fingerprint density at radius 2 is 1.91 bits per heavy atom. The Balaban J connectivity index is 1.23. The number of hydrogen-bond donors (Lipinski definition) is 3. The molecule has 3 aromatic rings. The molecule has 1 unspecified atom stereocenters. The molecule has 234 valence electrons. The summed E-state index contributed by atoms with van der Waals surface area (Å²) < 4.78 is 12.1. The number of aryl methyl sites for hydroxylation is 1. The van der Waals surface area contributed by atoms with Gasteiger partial charge in [-0.25, -0.2) is 4.98 Å². The van der Waals surface area contributed by atoms with Crippen molar-refractivity contribution >= 4 is 23.5 Å². The second-order valence-corrected chi connectivity index (χ2v) is 11.7. The van der Waals surface area contributed by atoms with E-state index in [4.69, 9.17) is 14.3 Å². The van der Waals surface area contributed by atoms with Gasteiger partial charge < -0.3 is 29.8 Å². The average Bonchev–Trinajstić information content (AvgIpc) is 3.63. The molecule has 3 heterocycles. The molecule has 2 amide bonds. The maximum Gasteiger partial charge on any atom is 0.305 e. The van der Waals surface area contributed by atoms with E-state index in [-0.39, 0.29) is 30.8 Å². The molecule has 2 aromatic heterocycles. The van der Waals surface area contributed by atoms with Crippen LogP contribution in [0.1, 0.15) is 85.5 Å². The van der Waals surface area contributed by atoms with Crippen LogP contribution in [0, 0.1) is 12.8 Å². The third-order valence-electron chi connectivity index (χ3n) is 8.52. The molecule has 1 aromatic carbocycles. The van der Waals surface area contributed by atoms with E-state index in [1.54, 1.807) is 18.3 Å². The van der Waals surface area contributed by atoms with Crippen LogP contribution in [-0.4, -0.2) is 59.0 Å². The third-order valence-corrected chi connectivity index (χ3v) is 8.52. The van der Waals surface area contributed by atoms with Crippen LogP contribution in [0.3, 0.4) is 0 Å². The number of nitrogens with zero attached hydrogens (tertiary/aromatic N) is 2. The van der Waals surface area contributed by atoms with Gasteiger partial charge in [-0.3, -0.25) is 14.4 Å². The average molecular weight is 603 g/mol. The Kier molecular flexibility index (Phi) is 10.5. The molecule has 5 rings (SSSR count). The molecule has 1 saturated heterocycles. The number of carboxylic acid groups (broad SMARTS) is 1. The minimum absolute atomic E-state index is 0.0427. The summed E-state index contributed by atoms with van der Waals surface area (Å²) in [5.41, 5.74) is 3.37. The summed E-state index contributed by atoms with van der Waals surface area (Å²) >= 11 is 0. The summed E-state index contributed by atoms with van der Waals surface area (Å²) in [4.78, 5) is 41.3. The van der Waals surface area contributed by atoms with Gasteiger partial charge in [0.25, 0.3) is 5.91 Å². The molecule has 0 radical (unpaired) electrons. The maximum absolute atomic E-state index is 12.4. The third kappa shape index (κ3) is 8.18. The summed E-state index contributed by atoms with van der Waals surface area (Å²) in [6, 6.07) is 13.3. The number of carbonyl (C=O) groups excluding carboxylic acids is 2. The number of carboxylic acids is 1. The number of benzene rings is 1. The van der Waals surface area contributed by atoms with Gasteiger partial charge in [-0.1, -0.05) is 19.3 Å². The van der Waals surface area contributed by atoms with Crippen LogP contribution in [0.25, 0.3) is 11.3 Å². The highest BCUT2D eigenvalue weighted by atomic mass is 16.5. The Labute approximate surface area is 258 Å². The number of nitrogens with one attached hydrogen (secondary N) is 2. The zero-order valence-corrected chi connectivity index (χ0v) is 25.3. The lowest BCUT2D eigenvalue weighted by molar-refractivity contribution is -0.136. The fourth-order valence-corrected chi connectivity index (χ4v) is 6.13. The highest BCUT2D eigenvalue weighted by molar-refractivity contribution is 5.94. The molecule has 10 nitrogen and oxygen atoms in total. The van der Waals surface area contributed by atoms with Gasteiger partial charge in [0, 0.05) is 60.7 Å². The molecule has 3 N–H and O–H groups in total. The molecule has 0 bridgehead atoms. The van der Waals surface area contributed by atoms with E-state index in [2.05, 4.69) is 21.7 Å². The summed E-state index contributed by atoms with van der Waals surface area (Å²) in [5, 5.41) is 15.2. The fourth-order valence-electron chi connectivity index (χ4n) is 6.13. The Hall–Kier alpha value is -4.34. The Morgan fingerprint density at radius 3 is 2.59 bits per heavy atom. The van der Waals surface area contributed by atoms with Crippen LogP contribution in [0.15, 0.2) is 53.1 Å². The van der Waals surface area contributed by atoms with E-state index in [0.29, 0.717) is 30.4 Å². The number of rotatable bonds is 14. The van der Waals surface area contributed by atoms with Crippen molar-refractivity contribution in [3.05, 3.63) is 65.5 Å². The summed E-state index contributed by atoms with van der Waals surface area (Å²) in [5.74, 6) is 1.59. The van der Waals surface area contributed by atoms with Crippen LogP contribution in [0.5, 0.6) is 5.88 Å². The smallest absolute Gasteiger partial charge is 0.305 e. The SMILES string of the molecule is Cc1oc(-c2ccc(OCCCN3CCCC3=O)nc2)cc1C(Nc1ccc(C(=O)NCCC(=O)O)cc1)C1CCCCC1. The van der Waals surface area contributed by atoms with Crippen LogP contribution in [0.2, 0.25) is 0 Å². The standard InChI is InChI=1S/C34H42N4O6/c1-23-28(21-29(44-23)26-12-15-30(36-22-26)43-20-6-19-38-18-5-9-31(38)39)33(24-7-3-2-4-8-24)37-27-13-10-25(11-14-27)34(42)35-17-16-32(40)41/h10-15,21-22,24,33,37H,2-9,16-20H2,1H3,(H,35,42)(H,40,41). The quantitative estimate of drug-likeness (QED) is 0.192. The maximum atomic E-state index is 12.4. The van der Waals surface area contributed by atoms with Crippen LogP contribution < -0.4 is 15.4 Å². The van der Waals surface area contributed by atoms with Crippen molar-refractivity contribution in [1.29, 1.82) is 0 Å². The molecule has 10 heteroatoms. The number of amides is 2. The number of likely N-dealkylation sites (tertiary alicyclic amines) is 1. The van der Waals surface area contributed by atoms with Crippen molar-refractivity contribution in [3.8, 4) is 17.2 Å². The van der Waals surface area contributed by atoms with Crippen molar-refractivity contribution in [2.24, 2.45) is 5.92 Å². The number of pyridine rings is 1. The van der Waals surface area contributed by atoms with Crippen LogP contribution in [-0.2, 0) is 9.59 Å².